The summed E-state index contributed by atoms with van der Waals surface area (Å²) in [5, 5.41) is 0. The Hall–Kier alpha value is -1.93. The van der Waals surface area contributed by atoms with Gasteiger partial charge < -0.3 is 4.48 Å². The van der Waals surface area contributed by atoms with E-state index in [2.05, 4.69) is 70.2 Å². The number of aryl methyl sites for hydroxylation is 3. The Morgan fingerprint density at radius 1 is 0.897 bits per heavy atom. The third-order valence-corrected chi connectivity index (χ3v) is 7.05. The number of piperidine rings is 1. The average Bonchev–Trinajstić information content (AvgIpc) is 2.72. The van der Waals surface area contributed by atoms with E-state index in [1.54, 1.807) is 0 Å². The maximum atomic E-state index is 13.6. The van der Waals surface area contributed by atoms with Crippen molar-refractivity contribution in [3.05, 3.63) is 70.3 Å². The van der Waals surface area contributed by atoms with E-state index in [9.17, 15) is 4.79 Å². The predicted molar refractivity (Wildman–Crippen MR) is 122 cm³/mol. The van der Waals surface area contributed by atoms with Crippen molar-refractivity contribution < 1.29 is 9.28 Å². The van der Waals surface area contributed by atoms with Gasteiger partial charge in [-0.25, -0.2) is 0 Å². The van der Waals surface area contributed by atoms with Crippen molar-refractivity contribution in [1.82, 2.24) is 0 Å². The number of benzene rings is 2. The summed E-state index contributed by atoms with van der Waals surface area (Å²) < 4.78 is 0.950. The van der Waals surface area contributed by atoms with E-state index < -0.39 is 0 Å². The van der Waals surface area contributed by atoms with Crippen molar-refractivity contribution in [2.24, 2.45) is 0 Å². The molecule has 1 aliphatic heterocycles. The number of carbonyl (C=O) groups excluding carboxylic acids is 1. The van der Waals surface area contributed by atoms with Crippen molar-refractivity contribution in [3.8, 4) is 0 Å². The molecule has 0 bridgehead atoms. The molecule has 1 atom stereocenters. The van der Waals surface area contributed by atoms with Gasteiger partial charge in [0, 0.05) is 18.4 Å². The molecule has 0 aliphatic carbocycles. The molecular weight excluding hydrogens is 354 g/mol. The van der Waals surface area contributed by atoms with Crippen molar-refractivity contribution in [3.63, 3.8) is 0 Å². The van der Waals surface area contributed by atoms with Crippen LogP contribution in [0.1, 0.15) is 67.3 Å². The van der Waals surface area contributed by atoms with Gasteiger partial charge in [0.05, 0.1) is 13.1 Å². The van der Waals surface area contributed by atoms with Crippen LogP contribution in [0.4, 0.5) is 0 Å². The van der Waals surface area contributed by atoms with Crippen LogP contribution >= 0.6 is 0 Å². The summed E-state index contributed by atoms with van der Waals surface area (Å²) in [6.45, 7) is 11.9. The smallest absolute Gasteiger partial charge is 0.194 e. The lowest BCUT2D eigenvalue weighted by Crippen LogP contribution is -2.60. The number of rotatable bonds is 8. The monoisotopic (exact) mass is 392 g/mol. The van der Waals surface area contributed by atoms with Crippen LogP contribution in [0.2, 0.25) is 0 Å². The molecule has 1 aliphatic rings. The Kier molecular flexibility index (Phi) is 7.29. The highest BCUT2D eigenvalue weighted by atomic mass is 16.1. The molecule has 3 rings (SSSR count). The van der Waals surface area contributed by atoms with Gasteiger partial charge in [0.25, 0.3) is 0 Å². The highest BCUT2D eigenvalue weighted by molar-refractivity contribution is 5.85. The van der Waals surface area contributed by atoms with Crippen LogP contribution in [0.5, 0.6) is 0 Å². The second-order valence-corrected chi connectivity index (χ2v) is 8.99. The molecule has 1 heterocycles. The first kappa shape index (κ1) is 21.8. The average molecular weight is 393 g/mol. The Morgan fingerprint density at radius 3 is 2.03 bits per heavy atom. The first-order valence-corrected chi connectivity index (χ1v) is 11.5. The molecule has 0 N–H and O–H groups in total. The SMILES string of the molecule is CCc1ccc(C[N+]2(C(CC)C(=O)Cc3c(C)cccc3C)CCCCC2)cc1. The number of carbonyl (C=O) groups is 1. The lowest BCUT2D eigenvalue weighted by atomic mass is 9.91. The largest absolute Gasteiger partial charge is 0.311 e. The van der Waals surface area contributed by atoms with Gasteiger partial charge in [-0.2, -0.15) is 0 Å². The minimum Gasteiger partial charge on any atom is -0.311 e. The van der Waals surface area contributed by atoms with Crippen LogP contribution in [0.25, 0.3) is 0 Å². The maximum Gasteiger partial charge on any atom is 0.194 e. The number of hydrogen-bond donors (Lipinski definition) is 0. The summed E-state index contributed by atoms with van der Waals surface area (Å²) in [5.41, 5.74) is 6.49. The predicted octanol–water partition coefficient (Wildman–Crippen LogP) is 5.96. The number of Topliss-reactive ketones (excluding diaryl/α,β-unsaturated/α-hetero) is 1. The molecule has 1 unspecified atom stereocenters. The van der Waals surface area contributed by atoms with E-state index >= 15 is 0 Å². The van der Waals surface area contributed by atoms with E-state index in [1.807, 2.05) is 0 Å². The van der Waals surface area contributed by atoms with E-state index in [0.29, 0.717) is 12.2 Å². The normalized spacial score (nSPS) is 17.1. The zero-order valence-electron chi connectivity index (χ0n) is 18.8. The first-order valence-electron chi connectivity index (χ1n) is 11.5. The maximum absolute atomic E-state index is 13.6. The van der Waals surface area contributed by atoms with Crippen molar-refractivity contribution in [2.45, 2.75) is 78.8 Å². The van der Waals surface area contributed by atoms with E-state index in [0.717, 1.165) is 37.0 Å². The third kappa shape index (κ3) is 4.98. The number of likely N-dealkylation sites (tertiary alicyclic amines) is 1. The fourth-order valence-electron chi connectivity index (χ4n) is 5.31. The number of quaternary nitrogens is 1. The van der Waals surface area contributed by atoms with E-state index in [-0.39, 0.29) is 6.04 Å². The van der Waals surface area contributed by atoms with Crippen LogP contribution in [0.15, 0.2) is 42.5 Å². The second kappa shape index (κ2) is 9.71. The molecule has 29 heavy (non-hydrogen) atoms. The molecule has 2 nitrogen and oxygen atoms in total. The molecule has 2 heteroatoms. The van der Waals surface area contributed by atoms with Gasteiger partial charge in [-0.1, -0.05) is 56.3 Å². The lowest BCUT2D eigenvalue weighted by molar-refractivity contribution is -0.959. The molecule has 0 radical (unpaired) electrons. The molecule has 0 spiro atoms. The molecule has 0 saturated carbocycles. The minimum atomic E-state index is 0.0974. The van der Waals surface area contributed by atoms with Gasteiger partial charge in [-0.3, -0.25) is 4.79 Å². The minimum absolute atomic E-state index is 0.0974. The quantitative estimate of drug-likeness (QED) is 0.507. The Bertz CT molecular complexity index is 795. The van der Waals surface area contributed by atoms with Crippen LogP contribution in [0.3, 0.4) is 0 Å². The van der Waals surface area contributed by atoms with Crippen LogP contribution in [-0.4, -0.2) is 29.4 Å². The standard InChI is InChI=1S/C27H38NO/c1-5-23-13-15-24(16-14-23)20-28(17-8-7-9-18-28)26(6-2)27(29)19-25-21(3)11-10-12-22(25)4/h10-16,26H,5-9,17-20H2,1-4H3/q+1. The summed E-state index contributed by atoms with van der Waals surface area (Å²) in [6, 6.07) is 15.6. The number of ketones is 1. The number of nitrogens with zero attached hydrogens (tertiary/aromatic N) is 1. The Morgan fingerprint density at radius 2 is 1.48 bits per heavy atom. The summed E-state index contributed by atoms with van der Waals surface area (Å²) in [6.07, 6.45) is 6.35. The molecule has 1 saturated heterocycles. The van der Waals surface area contributed by atoms with Crippen molar-refractivity contribution >= 4 is 5.78 Å². The highest BCUT2D eigenvalue weighted by Gasteiger charge is 2.41. The van der Waals surface area contributed by atoms with Crippen LogP contribution < -0.4 is 0 Å². The topological polar surface area (TPSA) is 17.1 Å². The summed E-state index contributed by atoms with van der Waals surface area (Å²) >= 11 is 0. The molecule has 1 fully saturated rings. The van der Waals surface area contributed by atoms with Crippen LogP contribution in [0, 0.1) is 13.8 Å². The van der Waals surface area contributed by atoms with Gasteiger partial charge in [0.15, 0.2) is 5.78 Å². The summed E-state index contributed by atoms with van der Waals surface area (Å²) in [4.78, 5) is 13.6. The van der Waals surface area contributed by atoms with Gasteiger partial charge in [0.2, 0.25) is 0 Å². The third-order valence-electron chi connectivity index (χ3n) is 7.05. The summed E-state index contributed by atoms with van der Waals surface area (Å²) in [5.74, 6) is 0.428. The van der Waals surface area contributed by atoms with Crippen molar-refractivity contribution in [2.75, 3.05) is 13.1 Å². The molecule has 2 aromatic carbocycles. The first-order chi connectivity index (χ1) is 14.0. The molecular formula is C27H38NO+. The van der Waals surface area contributed by atoms with E-state index in [1.165, 1.54) is 47.1 Å². The highest BCUT2D eigenvalue weighted by Crippen LogP contribution is 2.30. The summed E-state index contributed by atoms with van der Waals surface area (Å²) in [7, 11) is 0. The van der Waals surface area contributed by atoms with Gasteiger partial charge in [-0.15, -0.1) is 0 Å². The molecule has 0 amide bonds. The molecule has 2 aromatic rings. The van der Waals surface area contributed by atoms with Gasteiger partial charge >= 0.3 is 0 Å². The fraction of sp³-hybridized carbons (Fsp3) is 0.519. The number of hydrogen-bond acceptors (Lipinski definition) is 1. The van der Waals surface area contributed by atoms with Crippen LogP contribution in [-0.2, 0) is 24.2 Å². The van der Waals surface area contributed by atoms with Gasteiger partial charge in [-0.05, 0) is 61.8 Å². The zero-order chi connectivity index (χ0) is 20.9. The second-order valence-electron chi connectivity index (χ2n) is 8.99. The van der Waals surface area contributed by atoms with E-state index in [4.69, 9.17) is 0 Å². The molecule has 156 valence electrons. The fourth-order valence-corrected chi connectivity index (χ4v) is 5.31. The van der Waals surface area contributed by atoms with Crippen molar-refractivity contribution in [1.29, 1.82) is 0 Å². The zero-order valence-corrected chi connectivity index (χ0v) is 18.8. The Balaban J connectivity index is 1.87. The Labute approximate surface area is 177 Å². The van der Waals surface area contributed by atoms with Gasteiger partial charge in [0.1, 0.15) is 12.6 Å². The molecule has 0 aromatic heterocycles. The lowest BCUT2D eigenvalue weighted by Gasteiger charge is -2.46.